The Balaban J connectivity index is 2.54. The summed E-state index contributed by atoms with van der Waals surface area (Å²) in [6.07, 6.45) is 1.27. The van der Waals surface area contributed by atoms with Crippen LogP contribution in [0.4, 0.5) is 0 Å². The Kier molecular flexibility index (Phi) is 5.73. The van der Waals surface area contributed by atoms with Crippen molar-refractivity contribution in [3.05, 3.63) is 18.0 Å². The third-order valence-corrected chi connectivity index (χ3v) is 3.31. The zero-order chi connectivity index (χ0) is 15.3. The lowest BCUT2D eigenvalue weighted by atomic mass is 10.2. The van der Waals surface area contributed by atoms with Gasteiger partial charge in [-0.25, -0.2) is 18.4 Å². The molecule has 114 valence electrons. The van der Waals surface area contributed by atoms with Crippen LogP contribution in [0.5, 0.6) is 0 Å². The summed E-state index contributed by atoms with van der Waals surface area (Å²) in [5.74, 6) is -0.202. The van der Waals surface area contributed by atoms with E-state index in [1.807, 2.05) is 13.8 Å². The maximum absolute atomic E-state index is 11.8. The average molecular weight is 304 g/mol. The number of aryl methyl sites for hydroxylation is 1. The molecule has 0 bridgehead atoms. The molecule has 0 aromatic carbocycles. The summed E-state index contributed by atoms with van der Waals surface area (Å²) in [6.45, 7) is 5.05. The second-order valence-electron chi connectivity index (χ2n) is 4.82. The van der Waals surface area contributed by atoms with E-state index in [9.17, 15) is 13.2 Å². The molecular formula is C12H20N2O5S. The van der Waals surface area contributed by atoms with E-state index in [-0.39, 0.29) is 17.2 Å². The Morgan fingerprint density at radius 3 is 2.55 bits per heavy atom. The highest BCUT2D eigenvalue weighted by Crippen LogP contribution is 2.12. The molecule has 1 heterocycles. The minimum Gasteiger partial charge on any atom is -0.459 e. The topological polar surface area (TPSA) is 101 Å². The summed E-state index contributed by atoms with van der Waals surface area (Å²) in [7, 11) is -2.29. The van der Waals surface area contributed by atoms with Gasteiger partial charge < -0.3 is 14.0 Å². The van der Waals surface area contributed by atoms with Gasteiger partial charge in [0.2, 0.25) is 10.0 Å². The van der Waals surface area contributed by atoms with Crippen LogP contribution in [0.15, 0.2) is 17.2 Å². The molecule has 1 aromatic rings. The Hall–Kier alpha value is -1.38. The molecular weight excluding hydrogens is 284 g/mol. The molecule has 0 amide bonds. The molecule has 7 nitrogen and oxygen atoms in total. The first-order valence-electron chi connectivity index (χ1n) is 6.16. The summed E-state index contributed by atoms with van der Waals surface area (Å²) in [5.41, 5.74) is 0.123. The van der Waals surface area contributed by atoms with Gasteiger partial charge in [0.15, 0.2) is 0 Å². The Morgan fingerprint density at radius 2 is 2.05 bits per heavy atom. The lowest BCUT2D eigenvalue weighted by Crippen LogP contribution is -2.14. The van der Waals surface area contributed by atoms with Crippen LogP contribution in [0.3, 0.4) is 0 Å². The van der Waals surface area contributed by atoms with Gasteiger partial charge in [0.1, 0.15) is 17.2 Å². The lowest BCUT2D eigenvalue weighted by molar-refractivity contribution is 0.0269. The zero-order valence-corrected chi connectivity index (χ0v) is 12.6. The van der Waals surface area contributed by atoms with Crippen LogP contribution in [0.1, 0.15) is 24.3 Å². The van der Waals surface area contributed by atoms with Gasteiger partial charge in [0.05, 0.1) is 6.61 Å². The van der Waals surface area contributed by atoms with Crippen molar-refractivity contribution in [3.63, 3.8) is 0 Å². The van der Waals surface area contributed by atoms with Gasteiger partial charge in [0, 0.05) is 19.9 Å². The average Bonchev–Trinajstić information content (AvgIpc) is 2.70. The molecule has 8 heteroatoms. The highest BCUT2D eigenvalue weighted by atomic mass is 32.2. The fourth-order valence-corrected chi connectivity index (χ4v) is 2.06. The molecule has 0 aliphatic heterocycles. The van der Waals surface area contributed by atoms with Crippen LogP contribution < -0.4 is 5.14 Å². The van der Waals surface area contributed by atoms with Crippen molar-refractivity contribution in [3.8, 4) is 0 Å². The molecule has 0 saturated carbocycles. The lowest BCUT2D eigenvalue weighted by Gasteiger charge is -2.08. The van der Waals surface area contributed by atoms with E-state index in [4.69, 9.17) is 14.6 Å². The number of rotatable bonds is 7. The van der Waals surface area contributed by atoms with Gasteiger partial charge in [-0.05, 0) is 12.0 Å². The van der Waals surface area contributed by atoms with Crippen LogP contribution >= 0.6 is 0 Å². The number of nitrogens with zero attached hydrogens (tertiary/aromatic N) is 1. The Labute approximate surface area is 118 Å². The molecule has 0 aliphatic carbocycles. The highest BCUT2D eigenvalue weighted by Gasteiger charge is 2.18. The minimum absolute atomic E-state index is 0.113. The van der Waals surface area contributed by atoms with E-state index in [1.54, 1.807) is 7.05 Å². The van der Waals surface area contributed by atoms with Gasteiger partial charge in [-0.2, -0.15) is 0 Å². The highest BCUT2D eigenvalue weighted by molar-refractivity contribution is 7.89. The molecule has 0 unspecified atom stereocenters. The van der Waals surface area contributed by atoms with Crippen LogP contribution in [0.2, 0.25) is 0 Å². The molecule has 0 aliphatic rings. The second-order valence-corrected chi connectivity index (χ2v) is 6.38. The van der Waals surface area contributed by atoms with E-state index >= 15 is 0 Å². The number of sulfonamides is 1. The first-order valence-corrected chi connectivity index (χ1v) is 7.70. The predicted octanol–water partition coefficient (Wildman–Crippen LogP) is 0.502. The molecule has 0 fully saturated rings. The molecule has 0 atom stereocenters. The van der Waals surface area contributed by atoms with E-state index < -0.39 is 16.0 Å². The minimum atomic E-state index is -3.83. The van der Waals surface area contributed by atoms with Crippen molar-refractivity contribution in [2.75, 3.05) is 19.8 Å². The van der Waals surface area contributed by atoms with E-state index in [2.05, 4.69) is 0 Å². The van der Waals surface area contributed by atoms with Gasteiger partial charge in [-0.15, -0.1) is 0 Å². The Morgan fingerprint density at radius 1 is 1.40 bits per heavy atom. The van der Waals surface area contributed by atoms with Gasteiger partial charge in [0.25, 0.3) is 0 Å². The van der Waals surface area contributed by atoms with E-state index in [0.717, 1.165) is 0 Å². The van der Waals surface area contributed by atoms with Crippen molar-refractivity contribution >= 4 is 16.0 Å². The van der Waals surface area contributed by atoms with Crippen molar-refractivity contribution < 1.29 is 22.7 Å². The summed E-state index contributed by atoms with van der Waals surface area (Å²) in [4.78, 5) is 11.6. The molecule has 0 radical (unpaired) electrons. The van der Waals surface area contributed by atoms with Crippen molar-refractivity contribution in [1.82, 2.24) is 4.57 Å². The quantitative estimate of drug-likeness (QED) is 0.584. The molecule has 0 spiro atoms. The van der Waals surface area contributed by atoms with Crippen LogP contribution in [-0.2, 0) is 26.5 Å². The van der Waals surface area contributed by atoms with Crippen LogP contribution in [-0.4, -0.2) is 38.8 Å². The molecule has 0 saturated heterocycles. The summed E-state index contributed by atoms with van der Waals surface area (Å²) in [5, 5.41) is 4.99. The molecule has 1 rings (SSSR count). The largest absolute Gasteiger partial charge is 0.459 e. The van der Waals surface area contributed by atoms with Crippen LogP contribution in [0.25, 0.3) is 0 Å². The SMILES string of the molecule is CC(C)COCCOC(=O)c1cc(S(N)(=O)=O)cn1C. The van der Waals surface area contributed by atoms with Crippen LogP contribution in [0, 0.1) is 5.92 Å². The van der Waals surface area contributed by atoms with Gasteiger partial charge in [-0.1, -0.05) is 13.8 Å². The van der Waals surface area contributed by atoms with Crippen molar-refractivity contribution in [1.29, 1.82) is 0 Å². The maximum atomic E-state index is 11.8. The predicted molar refractivity (Wildman–Crippen MR) is 72.7 cm³/mol. The van der Waals surface area contributed by atoms with Gasteiger partial charge in [-0.3, -0.25) is 0 Å². The fourth-order valence-electron chi connectivity index (χ4n) is 1.48. The summed E-state index contributed by atoms with van der Waals surface area (Å²) < 4.78 is 34.0. The third kappa shape index (κ3) is 4.95. The third-order valence-electron chi connectivity index (χ3n) is 2.43. The first-order chi connectivity index (χ1) is 9.21. The smallest absolute Gasteiger partial charge is 0.355 e. The number of hydrogen-bond donors (Lipinski definition) is 1. The fraction of sp³-hybridized carbons (Fsp3) is 0.583. The number of ether oxygens (including phenoxy) is 2. The maximum Gasteiger partial charge on any atom is 0.355 e. The number of carbonyl (C=O) groups excluding carboxylic acids is 1. The molecule has 20 heavy (non-hydrogen) atoms. The monoisotopic (exact) mass is 304 g/mol. The van der Waals surface area contributed by atoms with Crippen molar-refractivity contribution in [2.45, 2.75) is 18.7 Å². The number of primary sulfonamides is 1. The number of carbonyl (C=O) groups is 1. The standard InChI is InChI=1S/C12H20N2O5S/c1-9(2)8-18-4-5-19-12(15)11-6-10(7-14(11)3)20(13,16)17/h6-7,9H,4-5,8H2,1-3H3,(H2,13,16,17). The van der Waals surface area contributed by atoms with Gasteiger partial charge >= 0.3 is 5.97 Å². The normalized spacial score (nSPS) is 11.8. The first kappa shape index (κ1) is 16.7. The Bertz CT molecular complexity index is 562. The molecule has 2 N–H and O–H groups in total. The summed E-state index contributed by atoms with van der Waals surface area (Å²) in [6, 6.07) is 1.19. The van der Waals surface area contributed by atoms with E-state index in [1.165, 1.54) is 16.8 Å². The number of aromatic nitrogens is 1. The van der Waals surface area contributed by atoms with E-state index in [0.29, 0.717) is 19.1 Å². The zero-order valence-electron chi connectivity index (χ0n) is 11.8. The summed E-state index contributed by atoms with van der Waals surface area (Å²) >= 11 is 0. The van der Waals surface area contributed by atoms with Crippen molar-refractivity contribution in [2.24, 2.45) is 18.1 Å². The number of esters is 1. The number of nitrogens with two attached hydrogens (primary N) is 1. The molecule has 1 aromatic heterocycles. The second kappa shape index (κ2) is 6.87. The number of hydrogen-bond acceptors (Lipinski definition) is 5.